The molecular weight excluding hydrogens is 659 g/mol. The quantitative estimate of drug-likeness (QED) is 0.171. The number of halogens is 2. The summed E-state index contributed by atoms with van der Waals surface area (Å²) in [7, 11) is 1.48. The third-order valence-corrected chi connectivity index (χ3v) is 11.3. The Morgan fingerprint density at radius 2 is 1.90 bits per heavy atom. The molecule has 0 radical (unpaired) electrons. The molecule has 0 bridgehead atoms. The summed E-state index contributed by atoms with van der Waals surface area (Å²) in [5, 5.41) is 13.2. The van der Waals surface area contributed by atoms with Gasteiger partial charge < -0.3 is 19.4 Å². The molecule has 50 heavy (non-hydrogen) atoms. The number of aryl methyl sites for hydroxylation is 4. The molecule has 12 heteroatoms. The monoisotopic (exact) mass is 690 g/mol. The van der Waals surface area contributed by atoms with Crippen molar-refractivity contribution in [2.24, 2.45) is 0 Å². The number of amides is 1. The topological polar surface area (TPSA) is 106 Å². The van der Waals surface area contributed by atoms with Gasteiger partial charge >= 0.3 is 0 Å². The van der Waals surface area contributed by atoms with Crippen molar-refractivity contribution in [2.45, 2.75) is 57.5 Å². The number of carbonyl (C=O) groups is 1. The molecule has 1 N–H and O–H groups in total. The van der Waals surface area contributed by atoms with Gasteiger partial charge in [-0.15, -0.1) is 21.5 Å². The number of pyridine rings is 2. The molecule has 1 unspecified atom stereocenters. The molecule has 1 fully saturated rings. The minimum atomic E-state index is -0.389. The third kappa shape index (κ3) is 5.03. The van der Waals surface area contributed by atoms with Crippen LogP contribution in [0, 0.1) is 18.6 Å². The van der Waals surface area contributed by atoms with E-state index in [0.29, 0.717) is 48.1 Å². The molecule has 6 aromatic rings. The number of methoxy groups -OCH3 is 1. The maximum absolute atomic E-state index is 14.8. The molecular formula is C38H32F2N6O3S. The van der Waals surface area contributed by atoms with Crippen LogP contribution in [0.15, 0.2) is 59.1 Å². The van der Waals surface area contributed by atoms with Gasteiger partial charge in [-0.25, -0.2) is 13.8 Å². The van der Waals surface area contributed by atoms with E-state index in [4.69, 9.17) is 19.1 Å². The van der Waals surface area contributed by atoms with Crippen molar-refractivity contribution in [3.8, 4) is 27.6 Å². The minimum absolute atomic E-state index is 0.0403. The molecule has 9 nitrogen and oxygen atoms in total. The molecule has 1 amide bonds. The summed E-state index contributed by atoms with van der Waals surface area (Å²) in [5.41, 5.74) is 6.42. The summed E-state index contributed by atoms with van der Waals surface area (Å²) in [6.45, 7) is 2.42. The number of benzene rings is 2. The number of aromatic nitrogens is 4. The van der Waals surface area contributed by atoms with E-state index in [0.717, 1.165) is 74.3 Å². The largest absolute Gasteiger partial charge is 0.494 e. The minimum Gasteiger partial charge on any atom is -0.494 e. The zero-order valence-corrected chi connectivity index (χ0v) is 28.2. The molecule has 3 aliphatic rings. The van der Waals surface area contributed by atoms with E-state index < -0.39 is 0 Å². The molecule has 2 atom stereocenters. The Morgan fingerprint density at radius 1 is 1.04 bits per heavy atom. The van der Waals surface area contributed by atoms with Gasteiger partial charge in [0, 0.05) is 30.1 Å². The number of ether oxygens (including phenoxy) is 1. The van der Waals surface area contributed by atoms with E-state index in [2.05, 4.69) is 21.6 Å². The number of hydrogen-bond donors (Lipinski definition) is 1. The van der Waals surface area contributed by atoms with Crippen LogP contribution in [0.25, 0.3) is 32.0 Å². The van der Waals surface area contributed by atoms with Crippen LogP contribution in [0.5, 0.6) is 5.75 Å². The number of carbonyl (C=O) groups excluding carboxylic acids is 1. The van der Waals surface area contributed by atoms with Gasteiger partial charge in [0.2, 0.25) is 11.8 Å². The average Bonchev–Trinajstić information content (AvgIpc) is 3.96. The summed E-state index contributed by atoms with van der Waals surface area (Å²) in [6.07, 6.45) is 6.25. The van der Waals surface area contributed by atoms with Crippen molar-refractivity contribution in [1.29, 1.82) is 0 Å². The lowest BCUT2D eigenvalue weighted by Gasteiger charge is -2.16. The van der Waals surface area contributed by atoms with Crippen LogP contribution in [0.1, 0.15) is 75.7 Å². The second-order valence-corrected chi connectivity index (χ2v) is 14.1. The molecule has 9 rings (SSSR count). The number of fused-ring (bicyclic) bond motifs is 5. The van der Waals surface area contributed by atoms with Crippen LogP contribution < -0.4 is 10.1 Å². The third-order valence-electron chi connectivity index (χ3n) is 10.1. The molecule has 4 aromatic heterocycles. The zero-order valence-electron chi connectivity index (χ0n) is 27.4. The van der Waals surface area contributed by atoms with Crippen molar-refractivity contribution in [3.05, 3.63) is 106 Å². The second kappa shape index (κ2) is 12.0. The lowest BCUT2D eigenvalue weighted by molar-refractivity contribution is 0.0776. The Hall–Kier alpha value is -5.23. The summed E-state index contributed by atoms with van der Waals surface area (Å²) in [4.78, 5) is 26.9. The number of hydrogen-bond acceptors (Lipinski definition) is 9. The van der Waals surface area contributed by atoms with E-state index in [1.54, 1.807) is 37.4 Å². The first kappa shape index (κ1) is 30.8. The van der Waals surface area contributed by atoms with Gasteiger partial charge in [-0.1, -0.05) is 12.1 Å². The smallest absolute Gasteiger partial charge is 0.257 e. The molecule has 2 aromatic carbocycles. The van der Waals surface area contributed by atoms with Crippen molar-refractivity contribution in [2.75, 3.05) is 19.0 Å². The highest BCUT2D eigenvalue weighted by Crippen LogP contribution is 2.50. The summed E-state index contributed by atoms with van der Waals surface area (Å²) in [5.74, 6) is 0.929. The fraction of sp³-hybridized carbons (Fsp3) is 0.289. The molecule has 6 heterocycles. The van der Waals surface area contributed by atoms with Crippen LogP contribution in [-0.4, -0.2) is 44.6 Å². The van der Waals surface area contributed by atoms with Gasteiger partial charge in [-0.3, -0.25) is 9.78 Å². The number of nitrogens with zero attached hydrogens (tertiary/aromatic N) is 5. The highest BCUT2D eigenvalue weighted by Gasteiger charge is 2.45. The SMILES string of the molecule is COc1cc2c(cc1F)[C@@H](Nc1nccc3cc(-c4c5c(nc(CCc6ccc(F)cc6)c4-c4nnc(C)o4)C4CCCN4C5=O)sc13)CC2. The summed E-state index contributed by atoms with van der Waals surface area (Å²) < 4.78 is 40.7. The maximum atomic E-state index is 14.8. The number of anilines is 1. The van der Waals surface area contributed by atoms with Crippen molar-refractivity contribution in [1.82, 2.24) is 25.1 Å². The van der Waals surface area contributed by atoms with Crippen LogP contribution >= 0.6 is 11.3 Å². The Bertz CT molecular complexity index is 2320. The van der Waals surface area contributed by atoms with Gasteiger partial charge in [-0.2, -0.15) is 0 Å². The van der Waals surface area contributed by atoms with Crippen molar-refractivity contribution < 1.29 is 22.7 Å². The Labute approximate surface area is 290 Å². The Balaban J connectivity index is 1.19. The number of nitrogens with one attached hydrogen (secondary N) is 1. The first-order valence-corrected chi connectivity index (χ1v) is 17.6. The molecule has 1 saturated heterocycles. The van der Waals surface area contributed by atoms with Crippen LogP contribution in [0.4, 0.5) is 14.6 Å². The van der Waals surface area contributed by atoms with Gasteiger partial charge in [-0.05, 0) is 97.0 Å². The molecule has 2 aliphatic heterocycles. The van der Waals surface area contributed by atoms with Gasteiger partial charge in [0.1, 0.15) is 11.6 Å². The van der Waals surface area contributed by atoms with Crippen molar-refractivity contribution >= 4 is 33.1 Å². The lowest BCUT2D eigenvalue weighted by Crippen LogP contribution is -2.22. The van der Waals surface area contributed by atoms with Gasteiger partial charge in [0.25, 0.3) is 5.91 Å². The number of thiophene rings is 1. The molecule has 1 aliphatic carbocycles. The van der Waals surface area contributed by atoms with E-state index in [1.807, 2.05) is 11.0 Å². The molecule has 0 saturated carbocycles. The first-order valence-electron chi connectivity index (χ1n) is 16.8. The molecule has 252 valence electrons. The fourth-order valence-corrected chi connectivity index (χ4v) is 8.95. The average molecular weight is 691 g/mol. The highest BCUT2D eigenvalue weighted by molar-refractivity contribution is 7.23. The fourth-order valence-electron chi connectivity index (χ4n) is 7.79. The standard InChI is InChI=1S/C38H32F2N6O3S/c1-19-44-45-37(49-19)31-27(11-7-20-5-9-23(39)10-6-20)42-34-28-4-3-15-46(28)38(47)33(34)32(31)30-17-22-13-14-41-36(35(22)50-30)43-26-12-8-21-16-29(48-2)25(40)18-24(21)26/h5-6,9-10,13-14,16-18,26,28H,3-4,7-8,11-12,15H2,1-2H3,(H,41,43)/t26-,28?/m0/s1. The summed E-state index contributed by atoms with van der Waals surface area (Å²) in [6, 6.07) is 13.7. The van der Waals surface area contributed by atoms with Crippen LogP contribution in [0.3, 0.4) is 0 Å². The van der Waals surface area contributed by atoms with Gasteiger partial charge in [0.05, 0.1) is 46.4 Å². The lowest BCUT2D eigenvalue weighted by atomic mass is 9.93. The van der Waals surface area contributed by atoms with Crippen LogP contribution in [-0.2, 0) is 19.3 Å². The predicted octanol–water partition coefficient (Wildman–Crippen LogP) is 8.18. The Morgan fingerprint density at radius 3 is 2.70 bits per heavy atom. The predicted molar refractivity (Wildman–Crippen MR) is 185 cm³/mol. The zero-order chi connectivity index (χ0) is 34.1. The van der Waals surface area contributed by atoms with Crippen LogP contribution in [0.2, 0.25) is 0 Å². The normalized spacial score (nSPS) is 17.8. The number of rotatable bonds is 8. The van der Waals surface area contributed by atoms with E-state index >= 15 is 0 Å². The molecule has 0 spiro atoms. The van der Waals surface area contributed by atoms with Crippen molar-refractivity contribution in [3.63, 3.8) is 0 Å². The highest BCUT2D eigenvalue weighted by atomic mass is 32.1. The van der Waals surface area contributed by atoms with Gasteiger partial charge in [0.15, 0.2) is 11.6 Å². The second-order valence-electron chi connectivity index (χ2n) is 13.1. The Kier molecular flexibility index (Phi) is 7.38. The van der Waals surface area contributed by atoms with E-state index in [-0.39, 0.29) is 35.4 Å². The maximum Gasteiger partial charge on any atom is 0.257 e. The summed E-state index contributed by atoms with van der Waals surface area (Å²) >= 11 is 1.54. The van der Waals surface area contributed by atoms with E-state index in [9.17, 15) is 13.6 Å². The first-order chi connectivity index (χ1) is 24.4. The van der Waals surface area contributed by atoms with E-state index in [1.165, 1.54) is 30.6 Å².